The fraction of sp³-hybridized carbons (Fsp3) is 1.00. The summed E-state index contributed by atoms with van der Waals surface area (Å²) in [5.74, 6) is 0. The molecule has 0 aromatic rings. The van der Waals surface area contributed by atoms with Gasteiger partial charge < -0.3 is 4.74 Å². The van der Waals surface area contributed by atoms with Gasteiger partial charge in [0, 0.05) is 13.2 Å². The second-order valence-electron chi connectivity index (χ2n) is 2.61. The minimum Gasteiger partial charge on any atom is -0.381 e. The number of rotatable bonds is 9. The third-order valence-electron chi connectivity index (χ3n) is 1.24. The van der Waals surface area contributed by atoms with Gasteiger partial charge in [-0.1, -0.05) is 13.8 Å². The lowest BCUT2D eigenvalue weighted by atomic mass is 10.5. The van der Waals surface area contributed by atoms with Gasteiger partial charge in [-0.05, 0) is 19.3 Å². The van der Waals surface area contributed by atoms with Crippen LogP contribution in [0.25, 0.3) is 0 Å². The van der Waals surface area contributed by atoms with Gasteiger partial charge in [-0.25, -0.2) is 9.78 Å². The topological polar surface area (TPSA) is 27.7 Å². The van der Waals surface area contributed by atoms with Crippen molar-refractivity contribution < 1.29 is 14.5 Å². The van der Waals surface area contributed by atoms with Crippen LogP contribution in [0, 0.1) is 0 Å². The molecule has 0 aromatic heterocycles. The van der Waals surface area contributed by atoms with Gasteiger partial charge in [0.1, 0.15) is 0 Å². The Morgan fingerprint density at radius 2 is 1.42 bits per heavy atom. The molecule has 0 atom stereocenters. The van der Waals surface area contributed by atoms with Crippen molar-refractivity contribution >= 4 is 0 Å². The van der Waals surface area contributed by atoms with Crippen molar-refractivity contribution in [2.75, 3.05) is 26.4 Å². The highest BCUT2D eigenvalue weighted by molar-refractivity contribution is 4.32. The minimum atomic E-state index is 0.629. The number of ether oxygens (including phenoxy) is 1. The first-order valence-corrected chi connectivity index (χ1v) is 4.74. The molecular weight excluding hydrogens is 156 g/mol. The van der Waals surface area contributed by atoms with Crippen LogP contribution in [0.15, 0.2) is 0 Å². The maximum atomic E-state index is 5.25. The van der Waals surface area contributed by atoms with Gasteiger partial charge in [-0.15, -0.1) is 0 Å². The molecule has 0 fully saturated rings. The molecule has 0 aliphatic rings. The quantitative estimate of drug-likeness (QED) is 0.306. The second-order valence-corrected chi connectivity index (χ2v) is 2.61. The lowest BCUT2D eigenvalue weighted by molar-refractivity contribution is -0.295. The molecule has 0 saturated carbocycles. The molecule has 0 amide bonds. The predicted octanol–water partition coefficient (Wildman–Crippen LogP) is 2.16. The third kappa shape index (κ3) is 9.88. The van der Waals surface area contributed by atoms with Gasteiger partial charge in [-0.2, -0.15) is 0 Å². The minimum absolute atomic E-state index is 0.629. The van der Waals surface area contributed by atoms with Crippen LogP contribution in [-0.2, 0) is 14.5 Å². The first kappa shape index (κ1) is 11.9. The first-order chi connectivity index (χ1) is 5.91. The van der Waals surface area contributed by atoms with Gasteiger partial charge in [-0.3, -0.25) is 0 Å². The summed E-state index contributed by atoms with van der Waals surface area (Å²) < 4.78 is 5.25. The number of hydrogen-bond acceptors (Lipinski definition) is 3. The standard InChI is InChI=1S/C9H20O3/c1-3-6-10-8-5-9-12-11-7-4-2/h3-9H2,1-2H3. The van der Waals surface area contributed by atoms with Crippen LogP contribution in [0.2, 0.25) is 0 Å². The van der Waals surface area contributed by atoms with Crippen LogP contribution in [0.4, 0.5) is 0 Å². The van der Waals surface area contributed by atoms with E-state index in [0.717, 1.165) is 32.5 Å². The van der Waals surface area contributed by atoms with Crippen LogP contribution in [0.3, 0.4) is 0 Å². The molecule has 0 radical (unpaired) electrons. The zero-order valence-electron chi connectivity index (χ0n) is 8.17. The van der Waals surface area contributed by atoms with Crippen molar-refractivity contribution in [3.8, 4) is 0 Å². The SMILES string of the molecule is CCCOCCCOOCCC. The summed E-state index contributed by atoms with van der Waals surface area (Å²) >= 11 is 0. The van der Waals surface area contributed by atoms with Crippen LogP contribution >= 0.6 is 0 Å². The van der Waals surface area contributed by atoms with Crippen molar-refractivity contribution in [1.29, 1.82) is 0 Å². The molecule has 0 bridgehead atoms. The summed E-state index contributed by atoms with van der Waals surface area (Å²) in [5.41, 5.74) is 0. The predicted molar refractivity (Wildman–Crippen MR) is 47.9 cm³/mol. The van der Waals surface area contributed by atoms with E-state index in [2.05, 4.69) is 6.92 Å². The molecule has 0 aliphatic heterocycles. The van der Waals surface area contributed by atoms with Crippen LogP contribution in [0.5, 0.6) is 0 Å². The summed E-state index contributed by atoms with van der Waals surface area (Å²) in [4.78, 5) is 9.71. The molecule has 0 saturated heterocycles. The zero-order chi connectivity index (χ0) is 9.07. The van der Waals surface area contributed by atoms with Crippen molar-refractivity contribution in [2.24, 2.45) is 0 Å². The average molecular weight is 176 g/mol. The lowest BCUT2D eigenvalue weighted by Crippen LogP contribution is -2.02. The molecule has 0 N–H and O–H groups in total. The van der Waals surface area contributed by atoms with Crippen molar-refractivity contribution in [3.05, 3.63) is 0 Å². The highest BCUT2D eigenvalue weighted by Crippen LogP contribution is 1.88. The molecule has 0 aromatic carbocycles. The molecule has 12 heavy (non-hydrogen) atoms. The van der Waals surface area contributed by atoms with Gasteiger partial charge in [0.25, 0.3) is 0 Å². The van der Waals surface area contributed by atoms with E-state index in [9.17, 15) is 0 Å². The summed E-state index contributed by atoms with van der Waals surface area (Å²) in [7, 11) is 0. The van der Waals surface area contributed by atoms with E-state index in [-0.39, 0.29) is 0 Å². The van der Waals surface area contributed by atoms with E-state index in [4.69, 9.17) is 14.5 Å². The maximum Gasteiger partial charge on any atom is 0.0844 e. The molecule has 0 rings (SSSR count). The van der Waals surface area contributed by atoms with Crippen molar-refractivity contribution in [3.63, 3.8) is 0 Å². The fourth-order valence-electron chi connectivity index (χ4n) is 0.667. The summed E-state index contributed by atoms with van der Waals surface area (Å²) in [6.07, 6.45) is 2.98. The van der Waals surface area contributed by atoms with E-state index < -0.39 is 0 Å². The van der Waals surface area contributed by atoms with Gasteiger partial charge >= 0.3 is 0 Å². The molecule has 0 unspecified atom stereocenters. The lowest BCUT2D eigenvalue weighted by Gasteiger charge is -2.03. The maximum absolute atomic E-state index is 5.25. The Balaban J connectivity index is 2.73. The van der Waals surface area contributed by atoms with Gasteiger partial charge in [0.15, 0.2) is 0 Å². The number of hydrogen-bond donors (Lipinski definition) is 0. The Morgan fingerprint density at radius 1 is 0.750 bits per heavy atom. The summed E-state index contributed by atoms with van der Waals surface area (Å²) in [6, 6.07) is 0. The Kier molecular flexibility index (Phi) is 10.8. The monoisotopic (exact) mass is 176 g/mol. The van der Waals surface area contributed by atoms with Crippen molar-refractivity contribution in [1.82, 2.24) is 0 Å². The fourth-order valence-corrected chi connectivity index (χ4v) is 0.667. The molecular formula is C9H20O3. The normalized spacial score (nSPS) is 10.5. The Morgan fingerprint density at radius 3 is 2.08 bits per heavy atom. The van der Waals surface area contributed by atoms with E-state index in [0.29, 0.717) is 13.2 Å². The van der Waals surface area contributed by atoms with Gasteiger partial charge in [0.05, 0.1) is 13.2 Å². The van der Waals surface area contributed by atoms with Crippen LogP contribution in [-0.4, -0.2) is 26.4 Å². The van der Waals surface area contributed by atoms with E-state index in [1.807, 2.05) is 6.92 Å². The van der Waals surface area contributed by atoms with Crippen LogP contribution in [0.1, 0.15) is 33.1 Å². The highest BCUT2D eigenvalue weighted by atomic mass is 17.2. The van der Waals surface area contributed by atoms with Crippen molar-refractivity contribution in [2.45, 2.75) is 33.1 Å². The second kappa shape index (κ2) is 10.9. The molecule has 0 aliphatic carbocycles. The molecule has 0 spiro atoms. The Hall–Kier alpha value is -0.120. The Bertz CT molecular complexity index is 66.2. The largest absolute Gasteiger partial charge is 0.381 e. The van der Waals surface area contributed by atoms with E-state index in [1.165, 1.54) is 0 Å². The third-order valence-corrected chi connectivity index (χ3v) is 1.24. The smallest absolute Gasteiger partial charge is 0.0844 e. The van der Waals surface area contributed by atoms with E-state index >= 15 is 0 Å². The van der Waals surface area contributed by atoms with E-state index in [1.54, 1.807) is 0 Å². The zero-order valence-corrected chi connectivity index (χ0v) is 8.17. The Labute approximate surface area is 74.9 Å². The van der Waals surface area contributed by atoms with Crippen LogP contribution < -0.4 is 0 Å². The summed E-state index contributed by atoms with van der Waals surface area (Å²) in [5, 5.41) is 0. The molecule has 3 heteroatoms. The molecule has 3 nitrogen and oxygen atoms in total. The molecule has 74 valence electrons. The molecule has 0 heterocycles. The highest BCUT2D eigenvalue weighted by Gasteiger charge is 1.89. The van der Waals surface area contributed by atoms with Gasteiger partial charge in [0.2, 0.25) is 0 Å². The first-order valence-electron chi connectivity index (χ1n) is 4.74. The summed E-state index contributed by atoms with van der Waals surface area (Å²) in [6.45, 7) is 7.06. The average Bonchev–Trinajstić information content (AvgIpc) is 2.10.